The van der Waals surface area contributed by atoms with E-state index in [0.717, 1.165) is 71.1 Å². The monoisotopic (exact) mass is 655 g/mol. The van der Waals surface area contributed by atoms with Crippen molar-refractivity contribution in [1.29, 1.82) is 0 Å². The summed E-state index contributed by atoms with van der Waals surface area (Å²) in [6.45, 7) is 13.8. The van der Waals surface area contributed by atoms with Crippen LogP contribution in [-0.4, -0.2) is 82.7 Å². The average molecular weight is 655 g/mol. The number of aliphatic hydroxyl groups is 3. The average Bonchev–Trinajstić information content (AvgIpc) is 3.03. The molecule has 0 spiro atoms. The molecule has 0 amide bonds. The van der Waals surface area contributed by atoms with Crippen LogP contribution in [-0.2, 0) is 0 Å². The molecule has 0 saturated carbocycles. The van der Waals surface area contributed by atoms with Gasteiger partial charge in [-0.3, -0.25) is 9.80 Å². The molecule has 5 heteroatoms. The van der Waals surface area contributed by atoms with Crippen molar-refractivity contribution in [2.45, 2.75) is 226 Å². The standard InChI is InChI=1S/C41H86N2O3/c1-5-9-12-15-18-21-24-27-30-39(44)36-42(33-8-4)34-35-43(37-40(45)31-28-25-22-19-16-13-10-6-2)38-41(46)32-29-26-23-20-17-14-11-7-3/h39-41,44-46H,5-38H2,1-4H3. The minimum Gasteiger partial charge on any atom is -0.392 e. The first-order valence-corrected chi connectivity index (χ1v) is 20.9. The van der Waals surface area contributed by atoms with E-state index in [4.69, 9.17) is 0 Å². The Balaban J connectivity index is 4.68. The van der Waals surface area contributed by atoms with Crippen molar-refractivity contribution in [2.75, 3.05) is 39.3 Å². The van der Waals surface area contributed by atoms with Crippen LogP contribution >= 0.6 is 0 Å². The maximum atomic E-state index is 11.0. The molecule has 5 nitrogen and oxygen atoms in total. The highest BCUT2D eigenvalue weighted by Gasteiger charge is 2.18. The molecule has 0 aliphatic rings. The highest BCUT2D eigenvalue weighted by Crippen LogP contribution is 2.15. The summed E-state index contributed by atoms with van der Waals surface area (Å²) in [5, 5.41) is 32.8. The molecule has 0 rings (SSSR count). The fourth-order valence-electron chi connectivity index (χ4n) is 6.86. The van der Waals surface area contributed by atoms with Crippen molar-refractivity contribution in [2.24, 2.45) is 0 Å². The Hall–Kier alpha value is -0.200. The van der Waals surface area contributed by atoms with Gasteiger partial charge in [0.05, 0.1) is 18.3 Å². The van der Waals surface area contributed by atoms with Gasteiger partial charge in [0.2, 0.25) is 0 Å². The highest BCUT2D eigenvalue weighted by atomic mass is 16.3. The van der Waals surface area contributed by atoms with Crippen molar-refractivity contribution in [3.05, 3.63) is 0 Å². The van der Waals surface area contributed by atoms with Gasteiger partial charge in [0.1, 0.15) is 0 Å². The molecule has 0 aromatic heterocycles. The lowest BCUT2D eigenvalue weighted by atomic mass is 10.0. The molecule has 0 aliphatic carbocycles. The van der Waals surface area contributed by atoms with Crippen LogP contribution in [0.3, 0.4) is 0 Å². The molecule has 0 saturated heterocycles. The van der Waals surface area contributed by atoms with Crippen LogP contribution in [0.15, 0.2) is 0 Å². The van der Waals surface area contributed by atoms with Crippen LogP contribution in [0, 0.1) is 0 Å². The molecule has 3 atom stereocenters. The Bertz CT molecular complexity index is 550. The lowest BCUT2D eigenvalue weighted by Gasteiger charge is -2.31. The van der Waals surface area contributed by atoms with Gasteiger partial charge in [-0.1, -0.05) is 182 Å². The van der Waals surface area contributed by atoms with Crippen LogP contribution in [0.1, 0.15) is 207 Å². The van der Waals surface area contributed by atoms with Gasteiger partial charge in [0.25, 0.3) is 0 Å². The second-order valence-electron chi connectivity index (χ2n) is 14.8. The highest BCUT2D eigenvalue weighted by molar-refractivity contribution is 4.73. The molecule has 0 fully saturated rings. The van der Waals surface area contributed by atoms with Gasteiger partial charge < -0.3 is 15.3 Å². The molecule has 0 aliphatic heterocycles. The summed E-state index contributed by atoms with van der Waals surface area (Å²) in [4.78, 5) is 4.73. The number of aliphatic hydroxyl groups excluding tert-OH is 3. The van der Waals surface area contributed by atoms with E-state index in [1.165, 1.54) is 135 Å². The summed E-state index contributed by atoms with van der Waals surface area (Å²) in [6, 6.07) is 0. The van der Waals surface area contributed by atoms with Gasteiger partial charge in [-0.15, -0.1) is 0 Å². The molecule has 3 unspecified atom stereocenters. The van der Waals surface area contributed by atoms with E-state index in [-0.39, 0.29) is 18.3 Å². The van der Waals surface area contributed by atoms with Gasteiger partial charge in [-0.2, -0.15) is 0 Å². The van der Waals surface area contributed by atoms with Gasteiger partial charge >= 0.3 is 0 Å². The second-order valence-corrected chi connectivity index (χ2v) is 14.8. The first kappa shape index (κ1) is 45.8. The van der Waals surface area contributed by atoms with Crippen molar-refractivity contribution in [3.8, 4) is 0 Å². The molecule has 0 aromatic rings. The molecule has 278 valence electrons. The van der Waals surface area contributed by atoms with E-state index < -0.39 is 0 Å². The molecule has 0 heterocycles. The normalized spacial score (nSPS) is 14.0. The summed E-state index contributed by atoms with van der Waals surface area (Å²) < 4.78 is 0. The third-order valence-corrected chi connectivity index (χ3v) is 9.85. The minimum atomic E-state index is -0.331. The Kier molecular flexibility index (Phi) is 35.9. The van der Waals surface area contributed by atoms with Crippen LogP contribution in [0.4, 0.5) is 0 Å². The van der Waals surface area contributed by atoms with Crippen LogP contribution in [0.5, 0.6) is 0 Å². The fourth-order valence-corrected chi connectivity index (χ4v) is 6.86. The Morgan fingerprint density at radius 3 is 0.870 bits per heavy atom. The minimum absolute atomic E-state index is 0.264. The summed E-state index contributed by atoms with van der Waals surface area (Å²) in [5.41, 5.74) is 0. The zero-order valence-electron chi connectivity index (χ0n) is 32.0. The first-order valence-electron chi connectivity index (χ1n) is 20.9. The smallest absolute Gasteiger partial charge is 0.0667 e. The van der Waals surface area contributed by atoms with E-state index in [1.54, 1.807) is 0 Å². The predicted molar refractivity (Wildman–Crippen MR) is 203 cm³/mol. The van der Waals surface area contributed by atoms with Crippen molar-refractivity contribution in [1.82, 2.24) is 9.80 Å². The quantitative estimate of drug-likeness (QED) is 0.0578. The fraction of sp³-hybridized carbons (Fsp3) is 1.00. The van der Waals surface area contributed by atoms with Gasteiger partial charge in [-0.25, -0.2) is 0 Å². The molecule has 0 radical (unpaired) electrons. The number of unbranched alkanes of at least 4 members (excludes halogenated alkanes) is 21. The van der Waals surface area contributed by atoms with Crippen molar-refractivity contribution < 1.29 is 15.3 Å². The third-order valence-electron chi connectivity index (χ3n) is 9.85. The molecule has 0 bridgehead atoms. The maximum Gasteiger partial charge on any atom is 0.0667 e. The summed E-state index contributed by atoms with van der Waals surface area (Å²) in [5.74, 6) is 0. The van der Waals surface area contributed by atoms with Crippen LogP contribution in [0.2, 0.25) is 0 Å². The summed E-state index contributed by atoms with van der Waals surface area (Å²) in [7, 11) is 0. The first-order chi connectivity index (χ1) is 22.5. The number of hydrogen-bond acceptors (Lipinski definition) is 5. The Labute approximate surface area is 289 Å². The topological polar surface area (TPSA) is 67.2 Å². The van der Waals surface area contributed by atoms with E-state index in [0.29, 0.717) is 13.1 Å². The lowest BCUT2D eigenvalue weighted by Crippen LogP contribution is -2.44. The zero-order chi connectivity index (χ0) is 33.9. The summed E-state index contributed by atoms with van der Waals surface area (Å²) >= 11 is 0. The van der Waals surface area contributed by atoms with Gasteiger partial charge in [0, 0.05) is 32.7 Å². The Morgan fingerprint density at radius 2 is 0.565 bits per heavy atom. The van der Waals surface area contributed by atoms with E-state index >= 15 is 0 Å². The van der Waals surface area contributed by atoms with Crippen LogP contribution in [0.25, 0.3) is 0 Å². The lowest BCUT2D eigenvalue weighted by molar-refractivity contribution is 0.0482. The van der Waals surface area contributed by atoms with E-state index in [9.17, 15) is 15.3 Å². The SMILES string of the molecule is CCCCCCCCCCC(O)CN(CCC)CCN(CC(O)CCCCCCCCCC)CC(O)CCCCCCCCCC. The maximum absolute atomic E-state index is 11.0. The van der Waals surface area contributed by atoms with Crippen molar-refractivity contribution in [3.63, 3.8) is 0 Å². The largest absolute Gasteiger partial charge is 0.392 e. The molecule has 46 heavy (non-hydrogen) atoms. The number of nitrogens with zero attached hydrogens (tertiary/aromatic N) is 2. The molecule has 3 N–H and O–H groups in total. The zero-order valence-corrected chi connectivity index (χ0v) is 32.0. The molecule has 0 aromatic carbocycles. The number of hydrogen-bond donors (Lipinski definition) is 3. The summed E-state index contributed by atoms with van der Waals surface area (Å²) in [6.07, 6.45) is 33.7. The van der Waals surface area contributed by atoms with E-state index in [2.05, 4.69) is 37.5 Å². The van der Waals surface area contributed by atoms with E-state index in [1.807, 2.05) is 0 Å². The molecular weight excluding hydrogens is 568 g/mol. The van der Waals surface area contributed by atoms with Gasteiger partial charge in [0.15, 0.2) is 0 Å². The predicted octanol–water partition coefficient (Wildman–Crippen LogP) is 10.7. The third kappa shape index (κ3) is 32.4. The molecular formula is C41H86N2O3. The van der Waals surface area contributed by atoms with Crippen molar-refractivity contribution >= 4 is 0 Å². The van der Waals surface area contributed by atoms with Crippen LogP contribution < -0.4 is 0 Å². The number of rotatable bonds is 38. The Morgan fingerprint density at radius 1 is 0.304 bits per heavy atom. The second kappa shape index (κ2) is 36.1. The van der Waals surface area contributed by atoms with Gasteiger partial charge in [-0.05, 0) is 32.2 Å².